The molecule has 12 heteroatoms. The number of aromatic nitrogens is 1. The van der Waals surface area contributed by atoms with Gasteiger partial charge in [0.2, 0.25) is 5.91 Å². The van der Waals surface area contributed by atoms with E-state index in [2.05, 4.69) is 15.6 Å². The molecular formula is C30H41N5O7. The van der Waals surface area contributed by atoms with Crippen LogP contribution in [0.4, 0.5) is 4.79 Å². The normalized spacial score (nSPS) is 21.1. The maximum absolute atomic E-state index is 13.4. The zero-order valence-electron chi connectivity index (χ0n) is 24.6. The highest BCUT2D eigenvalue weighted by molar-refractivity contribution is 5.98. The summed E-state index contributed by atoms with van der Waals surface area (Å²) in [7, 11) is 2.46. The summed E-state index contributed by atoms with van der Waals surface area (Å²) in [4.78, 5) is 56.3. The number of aliphatic hydroxyl groups excluding tert-OH is 1. The number of nitrogens with one attached hydrogen (secondary N) is 2. The summed E-state index contributed by atoms with van der Waals surface area (Å²) in [5.74, 6) is -1.72. The number of pyridine rings is 1. The number of methoxy groups -OCH3 is 2. The second-order valence-electron chi connectivity index (χ2n) is 11.4. The van der Waals surface area contributed by atoms with Crippen LogP contribution >= 0.6 is 0 Å². The van der Waals surface area contributed by atoms with Crippen molar-refractivity contribution >= 4 is 34.8 Å². The molecule has 5 unspecified atom stereocenters. The number of fused-ring (bicyclic) bond motifs is 2. The zero-order chi connectivity index (χ0) is 30.4. The fourth-order valence-corrected chi connectivity index (χ4v) is 5.89. The van der Waals surface area contributed by atoms with Gasteiger partial charge in [-0.2, -0.15) is 0 Å². The van der Waals surface area contributed by atoms with Gasteiger partial charge in [0.15, 0.2) is 6.04 Å². The number of benzene rings is 1. The van der Waals surface area contributed by atoms with Gasteiger partial charge in [-0.1, -0.05) is 51.0 Å². The molecule has 0 spiro atoms. The number of β-amino-alcohol motifs (C(OH)–C–C–N with tert-alkyl or cyclic N) is 1. The molecule has 2 aromatic rings. The number of hydrogen-bond donors (Lipinski definition) is 3. The Kier molecular flexibility index (Phi) is 10.3. The topological polar surface area (TPSA) is 150 Å². The molecule has 2 heterocycles. The number of aliphatic hydroxyl groups is 1. The van der Waals surface area contributed by atoms with E-state index < -0.39 is 42.1 Å². The van der Waals surface area contributed by atoms with Crippen LogP contribution in [0.1, 0.15) is 50.0 Å². The van der Waals surface area contributed by atoms with Gasteiger partial charge in [0, 0.05) is 25.0 Å². The molecule has 228 valence electrons. The molecule has 5 atom stereocenters. The first-order chi connectivity index (χ1) is 20.1. The minimum Gasteiger partial charge on any atom is -0.467 e. The quantitative estimate of drug-likeness (QED) is 0.377. The van der Waals surface area contributed by atoms with Crippen LogP contribution in [0.15, 0.2) is 36.4 Å². The van der Waals surface area contributed by atoms with E-state index in [0.29, 0.717) is 30.4 Å². The summed E-state index contributed by atoms with van der Waals surface area (Å²) in [5, 5.41) is 20.6. The number of para-hydroxylation sites is 1. The molecule has 2 aliphatic rings. The first-order valence-corrected chi connectivity index (χ1v) is 14.5. The average Bonchev–Trinajstić information content (AvgIpc) is 3.00. The summed E-state index contributed by atoms with van der Waals surface area (Å²) in [6, 6.07) is 8.25. The Balaban J connectivity index is 1.47. The molecule has 1 aromatic heterocycles. The minimum atomic E-state index is -1.44. The molecule has 1 aliphatic heterocycles. The molecule has 2 fully saturated rings. The van der Waals surface area contributed by atoms with Crippen LogP contribution in [0.2, 0.25) is 0 Å². The van der Waals surface area contributed by atoms with Crippen molar-refractivity contribution in [1.29, 1.82) is 0 Å². The van der Waals surface area contributed by atoms with Crippen LogP contribution in [-0.2, 0) is 19.1 Å². The smallest absolute Gasteiger partial charge is 0.424 e. The van der Waals surface area contributed by atoms with Crippen molar-refractivity contribution in [1.82, 2.24) is 25.6 Å². The molecule has 12 nitrogen and oxygen atoms in total. The molecule has 3 amide bonds. The number of amides is 3. The highest BCUT2D eigenvalue weighted by atomic mass is 16.5. The van der Waals surface area contributed by atoms with Gasteiger partial charge in [0.25, 0.3) is 5.91 Å². The molecule has 1 aromatic carbocycles. The standard InChI is InChI=1S/C30H41N5O7/c1-18(2)25(32-27(37)23-14-13-19-9-7-8-12-22(19)31-23)28(38)33-26(29(39)41-3)24(36)17-34-15-20-10-5-6-11-21(20)16-35(34)30(40)42-4/h7-9,12-14,18,20-21,24-26,36H,5-6,10-11,15-17H2,1-4H3,(H,32,37)(H,33,38). The van der Waals surface area contributed by atoms with Crippen LogP contribution < -0.4 is 10.6 Å². The summed E-state index contributed by atoms with van der Waals surface area (Å²) in [6.45, 7) is 4.37. The van der Waals surface area contributed by atoms with Crippen LogP contribution in [0.3, 0.4) is 0 Å². The van der Waals surface area contributed by atoms with Crippen LogP contribution in [0, 0.1) is 17.8 Å². The van der Waals surface area contributed by atoms with Crippen molar-refractivity contribution < 1.29 is 33.8 Å². The lowest BCUT2D eigenvalue weighted by Gasteiger charge is -2.47. The van der Waals surface area contributed by atoms with Gasteiger partial charge in [0.1, 0.15) is 11.7 Å². The van der Waals surface area contributed by atoms with Gasteiger partial charge >= 0.3 is 12.1 Å². The van der Waals surface area contributed by atoms with Gasteiger partial charge in [-0.05, 0) is 42.7 Å². The first-order valence-electron chi connectivity index (χ1n) is 14.5. The Morgan fingerprint density at radius 2 is 1.64 bits per heavy atom. The van der Waals surface area contributed by atoms with Crippen molar-refractivity contribution in [3.63, 3.8) is 0 Å². The number of carbonyl (C=O) groups is 4. The molecule has 1 saturated heterocycles. The third-order valence-corrected chi connectivity index (χ3v) is 8.25. The van der Waals surface area contributed by atoms with Crippen molar-refractivity contribution in [2.24, 2.45) is 17.8 Å². The van der Waals surface area contributed by atoms with Gasteiger partial charge in [0.05, 0.1) is 25.8 Å². The summed E-state index contributed by atoms with van der Waals surface area (Å²) >= 11 is 0. The number of esters is 1. The van der Waals surface area contributed by atoms with Gasteiger partial charge in [-0.15, -0.1) is 0 Å². The van der Waals surface area contributed by atoms with Crippen molar-refractivity contribution in [2.75, 3.05) is 33.9 Å². The number of nitrogens with zero attached hydrogens (tertiary/aromatic N) is 3. The van der Waals surface area contributed by atoms with Crippen molar-refractivity contribution in [2.45, 2.75) is 57.7 Å². The molecule has 4 rings (SSSR count). The van der Waals surface area contributed by atoms with E-state index >= 15 is 0 Å². The maximum Gasteiger partial charge on any atom is 0.424 e. The number of ether oxygens (including phenoxy) is 2. The van der Waals surface area contributed by atoms with Crippen LogP contribution in [-0.4, -0.2) is 96.0 Å². The highest BCUT2D eigenvalue weighted by Crippen LogP contribution is 2.35. The highest BCUT2D eigenvalue weighted by Gasteiger charge is 2.41. The second-order valence-corrected chi connectivity index (χ2v) is 11.4. The van der Waals surface area contributed by atoms with E-state index in [-0.39, 0.29) is 18.2 Å². The molecular weight excluding hydrogens is 542 g/mol. The van der Waals surface area contributed by atoms with E-state index in [1.165, 1.54) is 12.1 Å². The Morgan fingerprint density at radius 3 is 2.31 bits per heavy atom. The SMILES string of the molecule is COC(=O)C(NC(=O)C(NC(=O)c1ccc2ccccc2n1)C(C)C)C(O)CN1CC2CCCCC2CN1C(=O)OC. The van der Waals surface area contributed by atoms with E-state index in [4.69, 9.17) is 9.47 Å². The fourth-order valence-electron chi connectivity index (χ4n) is 5.89. The number of hydrazine groups is 1. The Bertz CT molecular complexity index is 1290. The molecule has 1 saturated carbocycles. The first kappa shape index (κ1) is 31.2. The lowest BCUT2D eigenvalue weighted by atomic mass is 9.77. The van der Waals surface area contributed by atoms with Crippen LogP contribution in [0.25, 0.3) is 10.9 Å². The Morgan fingerprint density at radius 1 is 0.952 bits per heavy atom. The number of hydrogen-bond acceptors (Lipinski definition) is 9. The number of carbonyl (C=O) groups excluding carboxylic acids is 4. The molecule has 42 heavy (non-hydrogen) atoms. The van der Waals surface area contributed by atoms with Crippen molar-refractivity contribution in [3.05, 3.63) is 42.1 Å². The second kappa shape index (κ2) is 13.9. The predicted octanol–water partition coefficient (Wildman–Crippen LogP) is 2.11. The summed E-state index contributed by atoms with van der Waals surface area (Å²) in [6.07, 6.45) is 2.29. The minimum absolute atomic E-state index is 0.113. The summed E-state index contributed by atoms with van der Waals surface area (Å²) in [5.41, 5.74) is 0.786. The predicted molar refractivity (Wildman–Crippen MR) is 154 cm³/mol. The fraction of sp³-hybridized carbons (Fsp3) is 0.567. The molecule has 0 radical (unpaired) electrons. The number of rotatable bonds is 9. The van der Waals surface area contributed by atoms with Gasteiger partial charge in [-0.25, -0.2) is 24.6 Å². The van der Waals surface area contributed by atoms with Crippen molar-refractivity contribution in [3.8, 4) is 0 Å². The lowest BCUT2D eigenvalue weighted by molar-refractivity contribution is -0.152. The third kappa shape index (κ3) is 7.16. The Hall–Kier alpha value is -3.77. The molecule has 1 aliphatic carbocycles. The van der Waals surface area contributed by atoms with E-state index in [9.17, 15) is 24.3 Å². The zero-order valence-corrected chi connectivity index (χ0v) is 24.6. The Labute approximate surface area is 245 Å². The third-order valence-electron chi connectivity index (χ3n) is 8.25. The van der Waals surface area contributed by atoms with Crippen LogP contribution in [0.5, 0.6) is 0 Å². The average molecular weight is 584 g/mol. The van der Waals surface area contributed by atoms with E-state index in [1.807, 2.05) is 18.2 Å². The molecule has 3 N–H and O–H groups in total. The van der Waals surface area contributed by atoms with E-state index in [1.54, 1.807) is 37.1 Å². The van der Waals surface area contributed by atoms with Gasteiger partial charge in [-0.3, -0.25) is 9.59 Å². The van der Waals surface area contributed by atoms with E-state index in [0.717, 1.165) is 38.2 Å². The largest absolute Gasteiger partial charge is 0.467 e. The molecule has 0 bridgehead atoms. The monoisotopic (exact) mass is 583 g/mol. The lowest BCUT2D eigenvalue weighted by Crippen LogP contribution is -2.62. The maximum atomic E-state index is 13.4. The summed E-state index contributed by atoms with van der Waals surface area (Å²) < 4.78 is 9.89. The van der Waals surface area contributed by atoms with Gasteiger partial charge < -0.3 is 25.2 Å².